The standard InChI is InChI=1S/C21H29F6NO5/c22-20(23,24)19(21(25,26)27,14-8-4-3-5-9-14)33-11-7-2-1-6-10-28-12-16(30)18(32)17(31)15(28)13-29/h3-5,8-9,15-18,29-32H,1-2,6-7,10-13H2/t15-,16+,17+,18-/m1/s1. The van der Waals surface area contributed by atoms with Crippen LogP contribution in [0.25, 0.3) is 0 Å². The van der Waals surface area contributed by atoms with Crippen molar-refractivity contribution >= 4 is 0 Å². The lowest BCUT2D eigenvalue weighted by Crippen LogP contribution is -2.62. The highest BCUT2D eigenvalue weighted by Gasteiger charge is 2.73. The van der Waals surface area contributed by atoms with E-state index in [-0.39, 0.29) is 19.4 Å². The highest BCUT2D eigenvalue weighted by molar-refractivity contribution is 5.27. The fourth-order valence-corrected chi connectivity index (χ4v) is 4.04. The molecule has 190 valence electrons. The van der Waals surface area contributed by atoms with Crippen LogP contribution in [0.15, 0.2) is 30.3 Å². The van der Waals surface area contributed by atoms with Crippen LogP contribution in [0, 0.1) is 0 Å². The van der Waals surface area contributed by atoms with E-state index in [1.165, 1.54) is 6.07 Å². The van der Waals surface area contributed by atoms with Gasteiger partial charge in [0, 0.05) is 18.7 Å². The molecule has 0 amide bonds. The van der Waals surface area contributed by atoms with Crippen LogP contribution in [-0.4, -0.2) is 88.3 Å². The number of unbranched alkanes of at least 4 members (excludes halogenated alkanes) is 3. The molecule has 33 heavy (non-hydrogen) atoms. The molecule has 4 N–H and O–H groups in total. The van der Waals surface area contributed by atoms with Crippen molar-refractivity contribution in [3.8, 4) is 0 Å². The Morgan fingerprint density at radius 1 is 0.848 bits per heavy atom. The first-order valence-electron chi connectivity index (χ1n) is 10.6. The Bertz CT molecular complexity index is 703. The Balaban J connectivity index is 1.89. The Morgan fingerprint density at radius 3 is 1.97 bits per heavy atom. The van der Waals surface area contributed by atoms with Gasteiger partial charge in [0.25, 0.3) is 5.60 Å². The van der Waals surface area contributed by atoms with Crippen molar-refractivity contribution in [1.82, 2.24) is 4.90 Å². The molecule has 1 fully saturated rings. The smallest absolute Gasteiger partial charge is 0.395 e. The zero-order valence-corrected chi connectivity index (χ0v) is 17.8. The molecule has 1 heterocycles. The summed E-state index contributed by atoms with van der Waals surface area (Å²) in [4.78, 5) is 1.59. The molecule has 0 aromatic heterocycles. The number of hydrogen-bond acceptors (Lipinski definition) is 6. The maximum Gasteiger partial charge on any atom is 0.430 e. The summed E-state index contributed by atoms with van der Waals surface area (Å²) < 4.78 is 86.3. The van der Waals surface area contributed by atoms with Crippen molar-refractivity contribution in [3.63, 3.8) is 0 Å². The first-order valence-corrected chi connectivity index (χ1v) is 10.6. The van der Waals surface area contributed by atoms with E-state index in [0.29, 0.717) is 19.4 Å². The molecule has 0 bridgehead atoms. The normalized spacial score (nSPS) is 25.4. The average molecular weight is 489 g/mol. The van der Waals surface area contributed by atoms with Gasteiger partial charge >= 0.3 is 12.4 Å². The van der Waals surface area contributed by atoms with E-state index in [2.05, 4.69) is 4.74 Å². The maximum absolute atomic E-state index is 13.6. The number of halogens is 6. The molecular formula is C21H29F6NO5. The van der Waals surface area contributed by atoms with Crippen LogP contribution in [0.2, 0.25) is 0 Å². The summed E-state index contributed by atoms with van der Waals surface area (Å²) in [5.74, 6) is 0. The highest BCUT2D eigenvalue weighted by atomic mass is 19.4. The van der Waals surface area contributed by atoms with Crippen molar-refractivity contribution in [2.24, 2.45) is 0 Å². The van der Waals surface area contributed by atoms with Gasteiger partial charge in [-0.2, -0.15) is 26.3 Å². The van der Waals surface area contributed by atoms with Crippen LogP contribution in [0.3, 0.4) is 0 Å². The van der Waals surface area contributed by atoms with E-state index >= 15 is 0 Å². The Morgan fingerprint density at radius 2 is 1.42 bits per heavy atom. The Hall–Kier alpha value is -1.44. The summed E-state index contributed by atoms with van der Waals surface area (Å²) >= 11 is 0. The molecule has 0 spiro atoms. The van der Waals surface area contributed by atoms with Crippen LogP contribution in [0.1, 0.15) is 31.2 Å². The number of β-amino-alcohol motifs (C(OH)–C–C–N with tert-alkyl or cyclic N) is 1. The van der Waals surface area contributed by atoms with Crippen LogP contribution < -0.4 is 0 Å². The topological polar surface area (TPSA) is 93.4 Å². The van der Waals surface area contributed by atoms with Gasteiger partial charge in [-0.1, -0.05) is 43.2 Å². The molecule has 0 saturated carbocycles. The fraction of sp³-hybridized carbons (Fsp3) is 0.714. The molecule has 2 rings (SSSR count). The van der Waals surface area contributed by atoms with Crippen molar-refractivity contribution < 1.29 is 51.5 Å². The van der Waals surface area contributed by atoms with Crippen molar-refractivity contribution in [2.75, 3.05) is 26.3 Å². The molecule has 0 aliphatic carbocycles. The summed E-state index contributed by atoms with van der Waals surface area (Å²) in [6.07, 6.45) is -14.2. The SMILES string of the molecule is OC[C@@H]1[C@H](O)[C@H](O)[C@@H](O)CN1CCCCCCOC(c1ccccc1)(C(F)(F)F)C(F)(F)F. The number of alkyl halides is 6. The molecule has 12 heteroatoms. The summed E-state index contributed by atoms with van der Waals surface area (Å²) in [6, 6.07) is 4.16. The molecule has 0 radical (unpaired) electrons. The van der Waals surface area contributed by atoms with E-state index in [9.17, 15) is 46.8 Å². The number of likely N-dealkylation sites (tertiary alicyclic amines) is 1. The third-order valence-corrected chi connectivity index (χ3v) is 5.85. The van der Waals surface area contributed by atoms with Crippen molar-refractivity contribution in [1.29, 1.82) is 0 Å². The van der Waals surface area contributed by atoms with Crippen molar-refractivity contribution in [2.45, 2.75) is 68.0 Å². The van der Waals surface area contributed by atoms with Gasteiger partial charge < -0.3 is 25.2 Å². The van der Waals surface area contributed by atoms with Crippen LogP contribution in [0.4, 0.5) is 26.3 Å². The molecule has 0 unspecified atom stereocenters. The summed E-state index contributed by atoms with van der Waals surface area (Å²) in [5, 5.41) is 38.8. The number of rotatable bonds is 10. The summed E-state index contributed by atoms with van der Waals surface area (Å²) in [5.41, 5.74) is -5.46. The van der Waals surface area contributed by atoms with E-state index < -0.39 is 61.1 Å². The predicted octanol–water partition coefficient (Wildman–Crippen LogP) is 2.34. The maximum atomic E-state index is 13.6. The van der Waals surface area contributed by atoms with E-state index in [1.807, 2.05) is 0 Å². The molecular weight excluding hydrogens is 460 g/mol. The molecule has 6 nitrogen and oxygen atoms in total. The average Bonchev–Trinajstić information content (AvgIpc) is 2.73. The molecule has 4 atom stereocenters. The number of hydrogen-bond donors (Lipinski definition) is 4. The van der Waals surface area contributed by atoms with Gasteiger partial charge in [-0.15, -0.1) is 0 Å². The minimum atomic E-state index is -5.72. The molecule has 1 aliphatic heterocycles. The lowest BCUT2D eigenvalue weighted by atomic mass is 9.92. The van der Waals surface area contributed by atoms with E-state index in [0.717, 1.165) is 24.3 Å². The van der Waals surface area contributed by atoms with Crippen LogP contribution >= 0.6 is 0 Å². The van der Waals surface area contributed by atoms with Gasteiger partial charge in [-0.25, -0.2) is 0 Å². The van der Waals surface area contributed by atoms with Gasteiger partial charge in [0.15, 0.2) is 0 Å². The number of nitrogens with zero attached hydrogens (tertiary/aromatic N) is 1. The number of ether oxygens (including phenoxy) is 1. The second-order valence-electron chi connectivity index (χ2n) is 8.10. The van der Waals surface area contributed by atoms with Gasteiger partial charge in [0.05, 0.1) is 18.8 Å². The molecule has 1 aromatic rings. The third kappa shape index (κ3) is 6.17. The van der Waals surface area contributed by atoms with Gasteiger partial charge in [-0.3, -0.25) is 4.90 Å². The highest BCUT2D eigenvalue weighted by Crippen LogP contribution is 2.52. The lowest BCUT2D eigenvalue weighted by molar-refractivity contribution is -0.389. The Labute approximate surface area is 187 Å². The van der Waals surface area contributed by atoms with Crippen molar-refractivity contribution in [3.05, 3.63) is 35.9 Å². The number of benzene rings is 1. The quantitative estimate of drug-likeness (QED) is 0.298. The first kappa shape index (κ1) is 27.8. The molecule has 1 aromatic carbocycles. The second kappa shape index (κ2) is 11.3. The lowest BCUT2D eigenvalue weighted by Gasteiger charge is -2.43. The Kier molecular flexibility index (Phi) is 9.54. The van der Waals surface area contributed by atoms with Crippen LogP contribution in [-0.2, 0) is 10.3 Å². The van der Waals surface area contributed by atoms with Gasteiger partial charge in [-0.05, 0) is 19.4 Å². The third-order valence-electron chi connectivity index (χ3n) is 5.85. The zero-order valence-electron chi connectivity index (χ0n) is 17.8. The minimum Gasteiger partial charge on any atom is -0.395 e. The molecule has 1 aliphatic rings. The van der Waals surface area contributed by atoms with Crippen LogP contribution in [0.5, 0.6) is 0 Å². The summed E-state index contributed by atoms with van der Waals surface area (Å²) in [7, 11) is 0. The first-order chi connectivity index (χ1) is 15.4. The van der Waals surface area contributed by atoms with Gasteiger partial charge in [0.1, 0.15) is 12.2 Å². The predicted molar refractivity (Wildman–Crippen MR) is 105 cm³/mol. The van der Waals surface area contributed by atoms with Gasteiger partial charge in [0.2, 0.25) is 0 Å². The zero-order chi connectivity index (χ0) is 24.9. The number of piperidine rings is 1. The largest absolute Gasteiger partial charge is 0.430 e. The monoisotopic (exact) mass is 489 g/mol. The summed E-state index contributed by atoms with van der Waals surface area (Å²) in [6.45, 7) is -0.884. The van der Waals surface area contributed by atoms with E-state index in [4.69, 9.17) is 0 Å². The minimum absolute atomic E-state index is 0.0172. The number of aliphatic hydroxyl groups excluding tert-OH is 4. The number of aliphatic hydroxyl groups is 4. The molecule has 1 saturated heterocycles. The van der Waals surface area contributed by atoms with E-state index in [1.54, 1.807) is 4.90 Å². The second-order valence-corrected chi connectivity index (χ2v) is 8.10. The fourth-order valence-electron chi connectivity index (χ4n) is 4.04.